The van der Waals surface area contributed by atoms with Crippen molar-refractivity contribution in [3.63, 3.8) is 0 Å². The van der Waals surface area contributed by atoms with Gasteiger partial charge in [0.1, 0.15) is 0 Å². The molecule has 0 bridgehead atoms. The summed E-state index contributed by atoms with van der Waals surface area (Å²) in [6.45, 7) is 10.9. The molecule has 2 unspecified atom stereocenters. The van der Waals surface area contributed by atoms with Gasteiger partial charge in [0, 0.05) is 18.6 Å². The van der Waals surface area contributed by atoms with Gasteiger partial charge in [-0.3, -0.25) is 4.90 Å². The third-order valence-corrected chi connectivity index (χ3v) is 4.31. The van der Waals surface area contributed by atoms with Crippen LogP contribution in [0.1, 0.15) is 52.9 Å². The van der Waals surface area contributed by atoms with Crippen LogP contribution in [0.15, 0.2) is 0 Å². The van der Waals surface area contributed by atoms with Crippen molar-refractivity contribution in [3.8, 4) is 0 Å². The Balaban J connectivity index is 1.88. The molecule has 2 rings (SSSR count). The predicted octanol–water partition coefficient (Wildman–Crippen LogP) is 2.64. The monoisotopic (exact) mass is 224 g/mol. The zero-order valence-electron chi connectivity index (χ0n) is 11.3. The molecule has 2 fully saturated rings. The lowest BCUT2D eigenvalue weighted by Gasteiger charge is -2.31. The molecule has 0 spiro atoms. The van der Waals surface area contributed by atoms with E-state index in [4.69, 9.17) is 0 Å². The summed E-state index contributed by atoms with van der Waals surface area (Å²) in [4.78, 5) is 2.75. The van der Waals surface area contributed by atoms with Gasteiger partial charge in [-0.2, -0.15) is 0 Å². The summed E-state index contributed by atoms with van der Waals surface area (Å²) in [5.41, 5.74) is 0.553. The number of rotatable bonds is 4. The Labute approximate surface area is 101 Å². The van der Waals surface area contributed by atoms with E-state index in [0.717, 1.165) is 12.1 Å². The molecule has 1 aliphatic heterocycles. The van der Waals surface area contributed by atoms with Crippen LogP contribution in [-0.2, 0) is 0 Å². The van der Waals surface area contributed by atoms with Gasteiger partial charge in [0.2, 0.25) is 0 Å². The average molecular weight is 224 g/mol. The van der Waals surface area contributed by atoms with E-state index in [1.54, 1.807) is 0 Å². The fourth-order valence-electron chi connectivity index (χ4n) is 3.38. The highest BCUT2D eigenvalue weighted by Crippen LogP contribution is 2.34. The van der Waals surface area contributed by atoms with Crippen LogP contribution < -0.4 is 5.32 Å². The van der Waals surface area contributed by atoms with Gasteiger partial charge in [0.05, 0.1) is 0 Å². The molecule has 1 saturated heterocycles. The Hall–Kier alpha value is -0.0800. The van der Waals surface area contributed by atoms with E-state index >= 15 is 0 Å². The van der Waals surface area contributed by atoms with Crippen LogP contribution in [0, 0.1) is 5.41 Å². The van der Waals surface area contributed by atoms with Crippen molar-refractivity contribution in [1.29, 1.82) is 0 Å². The van der Waals surface area contributed by atoms with Gasteiger partial charge in [-0.25, -0.2) is 0 Å². The van der Waals surface area contributed by atoms with Crippen LogP contribution in [0.25, 0.3) is 0 Å². The van der Waals surface area contributed by atoms with E-state index in [9.17, 15) is 0 Å². The molecule has 2 nitrogen and oxygen atoms in total. The Morgan fingerprint density at radius 2 is 2.12 bits per heavy atom. The third-order valence-electron chi connectivity index (χ3n) is 4.31. The summed E-state index contributed by atoms with van der Waals surface area (Å²) >= 11 is 0. The topological polar surface area (TPSA) is 15.3 Å². The second-order valence-electron chi connectivity index (χ2n) is 6.44. The van der Waals surface area contributed by atoms with Crippen molar-refractivity contribution in [1.82, 2.24) is 10.2 Å². The first-order valence-electron chi connectivity index (χ1n) is 7.10. The van der Waals surface area contributed by atoms with Crippen LogP contribution in [0.3, 0.4) is 0 Å². The van der Waals surface area contributed by atoms with Gasteiger partial charge in [-0.1, -0.05) is 27.2 Å². The first-order chi connectivity index (χ1) is 7.62. The quantitative estimate of drug-likeness (QED) is 0.790. The van der Waals surface area contributed by atoms with E-state index in [1.165, 1.54) is 51.7 Å². The summed E-state index contributed by atoms with van der Waals surface area (Å²) in [6, 6.07) is 1.60. The summed E-state index contributed by atoms with van der Waals surface area (Å²) in [5.74, 6) is 0. The van der Waals surface area contributed by atoms with Gasteiger partial charge in [0.25, 0.3) is 0 Å². The van der Waals surface area contributed by atoms with Gasteiger partial charge < -0.3 is 5.32 Å². The van der Waals surface area contributed by atoms with Crippen molar-refractivity contribution in [2.45, 2.75) is 65.0 Å². The second-order valence-corrected chi connectivity index (χ2v) is 6.44. The first-order valence-corrected chi connectivity index (χ1v) is 7.10. The maximum absolute atomic E-state index is 3.74. The van der Waals surface area contributed by atoms with Crippen molar-refractivity contribution in [3.05, 3.63) is 0 Å². The van der Waals surface area contributed by atoms with Gasteiger partial charge in [-0.15, -0.1) is 0 Å². The van der Waals surface area contributed by atoms with E-state index in [-0.39, 0.29) is 0 Å². The standard InChI is InChI=1S/C14H28N2/c1-4-9-15-12-6-5-7-13(12)16-10-8-14(2,3)11-16/h12-13,15H,4-11H2,1-3H3. The minimum atomic E-state index is 0.553. The lowest BCUT2D eigenvalue weighted by molar-refractivity contribution is 0.191. The maximum Gasteiger partial charge on any atom is 0.0249 e. The molecule has 94 valence electrons. The molecule has 2 heteroatoms. The largest absolute Gasteiger partial charge is 0.312 e. The molecule has 1 heterocycles. The highest BCUT2D eigenvalue weighted by atomic mass is 15.2. The third kappa shape index (κ3) is 2.78. The summed E-state index contributed by atoms with van der Waals surface area (Å²) in [6.07, 6.45) is 6.86. The van der Waals surface area contributed by atoms with Gasteiger partial charge in [-0.05, 0) is 44.2 Å². The minimum absolute atomic E-state index is 0.553. The molecule has 1 saturated carbocycles. The Kier molecular flexibility index (Phi) is 3.91. The molecular formula is C14H28N2. The van der Waals surface area contributed by atoms with Crippen molar-refractivity contribution >= 4 is 0 Å². The van der Waals surface area contributed by atoms with Crippen LogP contribution in [0.4, 0.5) is 0 Å². The molecule has 1 N–H and O–H groups in total. The average Bonchev–Trinajstić information content (AvgIpc) is 2.81. The normalized spacial score (nSPS) is 34.7. The fraction of sp³-hybridized carbons (Fsp3) is 1.00. The molecule has 2 atom stereocenters. The van der Waals surface area contributed by atoms with Crippen molar-refractivity contribution in [2.24, 2.45) is 5.41 Å². The molecule has 0 aromatic heterocycles. The zero-order chi connectivity index (χ0) is 11.6. The molecular weight excluding hydrogens is 196 g/mol. The zero-order valence-corrected chi connectivity index (χ0v) is 11.3. The summed E-state index contributed by atoms with van der Waals surface area (Å²) < 4.78 is 0. The van der Waals surface area contributed by atoms with E-state index < -0.39 is 0 Å². The number of hydrogen-bond donors (Lipinski definition) is 1. The Morgan fingerprint density at radius 1 is 1.31 bits per heavy atom. The van der Waals surface area contributed by atoms with Crippen molar-refractivity contribution in [2.75, 3.05) is 19.6 Å². The van der Waals surface area contributed by atoms with Crippen LogP contribution in [-0.4, -0.2) is 36.6 Å². The van der Waals surface area contributed by atoms with E-state index in [2.05, 4.69) is 31.0 Å². The van der Waals surface area contributed by atoms with Gasteiger partial charge in [0.15, 0.2) is 0 Å². The minimum Gasteiger partial charge on any atom is -0.312 e. The molecule has 0 aromatic carbocycles. The SMILES string of the molecule is CCCNC1CCCC1N1CCC(C)(C)C1. The number of nitrogens with zero attached hydrogens (tertiary/aromatic N) is 1. The molecule has 0 radical (unpaired) electrons. The molecule has 0 aromatic rings. The van der Waals surface area contributed by atoms with Crippen LogP contribution >= 0.6 is 0 Å². The molecule has 0 amide bonds. The van der Waals surface area contributed by atoms with E-state index in [1.807, 2.05) is 0 Å². The second kappa shape index (κ2) is 5.05. The Bertz CT molecular complexity index is 225. The van der Waals surface area contributed by atoms with Crippen molar-refractivity contribution < 1.29 is 0 Å². The lowest BCUT2D eigenvalue weighted by atomic mass is 9.93. The molecule has 16 heavy (non-hydrogen) atoms. The molecule has 1 aliphatic carbocycles. The highest BCUT2D eigenvalue weighted by Gasteiger charge is 2.38. The highest BCUT2D eigenvalue weighted by molar-refractivity contribution is 4.95. The fourth-order valence-corrected chi connectivity index (χ4v) is 3.38. The van der Waals surface area contributed by atoms with Crippen LogP contribution in [0.5, 0.6) is 0 Å². The number of likely N-dealkylation sites (tertiary alicyclic amines) is 1. The van der Waals surface area contributed by atoms with Crippen LogP contribution in [0.2, 0.25) is 0 Å². The number of hydrogen-bond acceptors (Lipinski definition) is 2. The maximum atomic E-state index is 3.74. The smallest absolute Gasteiger partial charge is 0.0249 e. The molecule has 2 aliphatic rings. The predicted molar refractivity (Wildman–Crippen MR) is 69.7 cm³/mol. The first kappa shape index (κ1) is 12.4. The summed E-state index contributed by atoms with van der Waals surface area (Å²) in [7, 11) is 0. The summed E-state index contributed by atoms with van der Waals surface area (Å²) in [5, 5.41) is 3.74. The van der Waals surface area contributed by atoms with E-state index in [0.29, 0.717) is 5.41 Å². The Morgan fingerprint density at radius 3 is 2.75 bits per heavy atom. The number of nitrogens with one attached hydrogen (secondary N) is 1. The van der Waals surface area contributed by atoms with Gasteiger partial charge >= 0.3 is 0 Å². The lowest BCUT2D eigenvalue weighted by Crippen LogP contribution is -2.46.